The highest BCUT2D eigenvalue weighted by Gasteiger charge is 2.28. The summed E-state index contributed by atoms with van der Waals surface area (Å²) in [7, 11) is 1.58. The van der Waals surface area contributed by atoms with E-state index in [1.54, 1.807) is 29.8 Å². The molecule has 0 atom stereocenters. The predicted molar refractivity (Wildman–Crippen MR) is 68.7 cm³/mol. The summed E-state index contributed by atoms with van der Waals surface area (Å²) in [6.45, 7) is 0.118. The van der Waals surface area contributed by atoms with Crippen LogP contribution in [0.2, 0.25) is 5.02 Å². The molecule has 3 rings (SSSR count). The third-order valence-electron chi connectivity index (χ3n) is 3.26. The summed E-state index contributed by atoms with van der Waals surface area (Å²) < 4.78 is 1.56. The number of halogens is 1. The second-order valence-corrected chi connectivity index (χ2v) is 4.90. The van der Waals surface area contributed by atoms with E-state index in [0.717, 1.165) is 0 Å². The Morgan fingerprint density at radius 3 is 2.90 bits per heavy atom. The smallest absolute Gasteiger partial charge is 0.257 e. The van der Waals surface area contributed by atoms with Gasteiger partial charge < -0.3 is 14.8 Å². The first-order valence-electron chi connectivity index (χ1n) is 5.82. The Balaban J connectivity index is 2.35. The number of hydrogen-bond donors (Lipinski definition) is 0. The molecule has 0 unspecified atom stereocenters. The quantitative estimate of drug-likeness (QED) is 0.765. The van der Waals surface area contributed by atoms with Gasteiger partial charge in [-0.15, -0.1) is 0 Å². The lowest BCUT2D eigenvalue weighted by molar-refractivity contribution is -0.255. The number of hydrogen-bond acceptors (Lipinski definition) is 4. The van der Waals surface area contributed by atoms with Crippen LogP contribution in [0.5, 0.6) is 0 Å². The first-order valence-corrected chi connectivity index (χ1v) is 6.20. The van der Waals surface area contributed by atoms with Gasteiger partial charge >= 0.3 is 0 Å². The van der Waals surface area contributed by atoms with E-state index in [4.69, 9.17) is 11.6 Å². The molecule has 2 heterocycles. The van der Waals surface area contributed by atoms with E-state index in [1.165, 1.54) is 11.2 Å². The molecule has 1 amide bonds. The minimum Gasteiger partial charge on any atom is -0.543 e. The molecule has 0 spiro atoms. The molecule has 2 aromatic rings. The summed E-state index contributed by atoms with van der Waals surface area (Å²) >= 11 is 6.10. The maximum atomic E-state index is 12.3. The Kier molecular flexibility index (Phi) is 2.76. The number of carboxylic acid groups (broad SMARTS) is 1. The number of amides is 1. The Hall–Kier alpha value is -2.34. The average molecular weight is 291 g/mol. The van der Waals surface area contributed by atoms with E-state index in [0.29, 0.717) is 22.0 Å². The summed E-state index contributed by atoms with van der Waals surface area (Å²) in [5, 5.41) is 11.4. The van der Waals surface area contributed by atoms with E-state index in [-0.39, 0.29) is 18.1 Å². The predicted octanol–water partition coefficient (Wildman–Crippen LogP) is 0.475. The van der Waals surface area contributed by atoms with Crippen LogP contribution in [0.1, 0.15) is 26.5 Å². The van der Waals surface area contributed by atoms with Gasteiger partial charge in [0.1, 0.15) is 12.0 Å². The Labute approximate surface area is 119 Å². The van der Waals surface area contributed by atoms with Crippen LogP contribution in [-0.2, 0) is 6.54 Å². The van der Waals surface area contributed by atoms with Gasteiger partial charge in [-0.1, -0.05) is 17.7 Å². The number of imidazole rings is 1. The van der Waals surface area contributed by atoms with E-state index >= 15 is 0 Å². The summed E-state index contributed by atoms with van der Waals surface area (Å²) in [6.07, 6.45) is 1.36. The van der Waals surface area contributed by atoms with Crippen LogP contribution in [0.4, 0.5) is 0 Å². The number of aromatic nitrogens is 2. The van der Waals surface area contributed by atoms with Crippen molar-refractivity contribution in [2.75, 3.05) is 7.05 Å². The summed E-state index contributed by atoms with van der Waals surface area (Å²) in [4.78, 5) is 28.7. The van der Waals surface area contributed by atoms with Crippen LogP contribution >= 0.6 is 11.6 Å². The second kappa shape index (κ2) is 4.35. The second-order valence-electron chi connectivity index (χ2n) is 4.49. The SMILES string of the molecule is CN1Cc2c(C(=O)[O-])ncn2-c2cccc(Cl)c2C1=O. The van der Waals surface area contributed by atoms with Crippen molar-refractivity contribution in [2.24, 2.45) is 0 Å². The van der Waals surface area contributed by atoms with Crippen LogP contribution < -0.4 is 5.11 Å². The van der Waals surface area contributed by atoms with Gasteiger partial charge in [0.15, 0.2) is 0 Å². The summed E-state index contributed by atoms with van der Waals surface area (Å²) in [5.74, 6) is -1.64. The first kappa shape index (κ1) is 12.7. The van der Waals surface area contributed by atoms with E-state index in [2.05, 4.69) is 4.98 Å². The van der Waals surface area contributed by atoms with Crippen molar-refractivity contribution >= 4 is 23.5 Å². The van der Waals surface area contributed by atoms with Gasteiger partial charge in [0.2, 0.25) is 0 Å². The van der Waals surface area contributed by atoms with Crippen molar-refractivity contribution < 1.29 is 14.7 Å². The third-order valence-corrected chi connectivity index (χ3v) is 3.57. The lowest BCUT2D eigenvalue weighted by Gasteiger charge is -2.15. The molecule has 1 aliphatic rings. The molecule has 1 aromatic carbocycles. The topological polar surface area (TPSA) is 78.3 Å². The maximum absolute atomic E-state index is 12.3. The van der Waals surface area contributed by atoms with Crippen molar-refractivity contribution in [2.45, 2.75) is 6.54 Å². The molecule has 20 heavy (non-hydrogen) atoms. The minimum absolute atomic E-state index is 0.118. The molecular formula is C13H9ClN3O3-. The fourth-order valence-corrected chi connectivity index (χ4v) is 2.57. The van der Waals surface area contributed by atoms with Gasteiger partial charge in [-0.3, -0.25) is 9.36 Å². The number of carboxylic acids is 1. The minimum atomic E-state index is -1.37. The number of benzene rings is 1. The van der Waals surface area contributed by atoms with Gasteiger partial charge in [0.25, 0.3) is 5.91 Å². The lowest BCUT2D eigenvalue weighted by atomic mass is 10.1. The highest BCUT2D eigenvalue weighted by atomic mass is 35.5. The maximum Gasteiger partial charge on any atom is 0.257 e. The van der Waals surface area contributed by atoms with Gasteiger partial charge in [-0.05, 0) is 12.1 Å². The van der Waals surface area contributed by atoms with Crippen molar-refractivity contribution in [3.63, 3.8) is 0 Å². The summed E-state index contributed by atoms with van der Waals surface area (Å²) in [5.41, 5.74) is 1.07. The zero-order chi connectivity index (χ0) is 14.4. The molecule has 1 aliphatic heterocycles. The first-order chi connectivity index (χ1) is 9.50. The number of carbonyl (C=O) groups excluding carboxylic acids is 2. The van der Waals surface area contributed by atoms with Crippen LogP contribution in [-0.4, -0.2) is 33.4 Å². The number of carbonyl (C=O) groups is 2. The zero-order valence-electron chi connectivity index (χ0n) is 10.5. The Morgan fingerprint density at radius 2 is 2.20 bits per heavy atom. The van der Waals surface area contributed by atoms with Crippen molar-refractivity contribution in [1.82, 2.24) is 14.5 Å². The zero-order valence-corrected chi connectivity index (χ0v) is 11.2. The van der Waals surface area contributed by atoms with Crippen molar-refractivity contribution in [3.05, 3.63) is 46.5 Å². The highest BCUT2D eigenvalue weighted by molar-refractivity contribution is 6.34. The van der Waals surface area contributed by atoms with Crippen LogP contribution in [0, 0.1) is 0 Å². The fraction of sp³-hybridized carbons (Fsp3) is 0.154. The van der Waals surface area contributed by atoms with Gasteiger partial charge in [-0.25, -0.2) is 4.98 Å². The molecule has 0 fully saturated rings. The molecule has 0 aliphatic carbocycles. The van der Waals surface area contributed by atoms with Crippen LogP contribution in [0.25, 0.3) is 5.69 Å². The van der Waals surface area contributed by atoms with Crippen molar-refractivity contribution in [1.29, 1.82) is 0 Å². The molecule has 6 nitrogen and oxygen atoms in total. The largest absolute Gasteiger partial charge is 0.543 e. The van der Waals surface area contributed by atoms with Gasteiger partial charge in [0.05, 0.1) is 34.5 Å². The molecule has 102 valence electrons. The fourth-order valence-electron chi connectivity index (χ4n) is 2.32. The van der Waals surface area contributed by atoms with Crippen LogP contribution in [0.3, 0.4) is 0 Å². The standard InChI is InChI=1S/C13H10ClN3O3/c1-16-5-9-11(13(19)20)15-6-17(9)8-4-2-3-7(14)10(8)12(16)18/h2-4,6H,5H2,1H3,(H,19,20)/p-1. The molecule has 1 aromatic heterocycles. The number of nitrogens with zero attached hydrogens (tertiary/aromatic N) is 3. The highest BCUT2D eigenvalue weighted by Crippen LogP contribution is 2.29. The van der Waals surface area contributed by atoms with E-state index < -0.39 is 5.97 Å². The molecule has 0 N–H and O–H groups in total. The molecule has 0 bridgehead atoms. The Bertz CT molecular complexity index is 738. The summed E-state index contributed by atoms with van der Waals surface area (Å²) in [6, 6.07) is 5.01. The molecular weight excluding hydrogens is 282 g/mol. The average Bonchev–Trinajstić information content (AvgIpc) is 2.77. The van der Waals surface area contributed by atoms with Crippen molar-refractivity contribution in [3.8, 4) is 5.69 Å². The van der Waals surface area contributed by atoms with E-state index in [9.17, 15) is 14.7 Å². The molecule has 0 saturated heterocycles. The lowest BCUT2D eigenvalue weighted by Crippen LogP contribution is -2.28. The number of rotatable bonds is 1. The van der Waals surface area contributed by atoms with Gasteiger partial charge in [-0.2, -0.15) is 0 Å². The molecule has 0 radical (unpaired) electrons. The molecule has 7 heteroatoms. The van der Waals surface area contributed by atoms with Gasteiger partial charge in [0, 0.05) is 7.05 Å². The number of fused-ring (bicyclic) bond motifs is 3. The molecule has 0 saturated carbocycles. The van der Waals surface area contributed by atoms with Crippen LogP contribution in [0.15, 0.2) is 24.5 Å². The van der Waals surface area contributed by atoms with E-state index in [1.807, 2.05) is 0 Å². The third kappa shape index (κ3) is 1.69. The number of aromatic carboxylic acids is 1. The normalized spacial score (nSPS) is 13.7. The monoisotopic (exact) mass is 290 g/mol. The Morgan fingerprint density at radius 1 is 1.45 bits per heavy atom.